The molecule has 16 heavy (non-hydrogen) atoms. The molecule has 0 bridgehead atoms. The maximum atomic E-state index is 6.21. The van der Waals surface area contributed by atoms with Crippen LogP contribution in [0.15, 0.2) is 18.2 Å². The average molecular weight is 255 g/mol. The summed E-state index contributed by atoms with van der Waals surface area (Å²) < 4.78 is 0. The Labute approximate surface area is 105 Å². The van der Waals surface area contributed by atoms with Gasteiger partial charge in [0, 0.05) is 11.9 Å². The fourth-order valence-corrected chi connectivity index (χ4v) is 2.15. The van der Waals surface area contributed by atoms with Crippen LogP contribution in [0.4, 0.5) is 5.82 Å². The van der Waals surface area contributed by atoms with E-state index in [1.165, 1.54) is 0 Å². The lowest BCUT2D eigenvalue weighted by Crippen LogP contribution is -1.99. The van der Waals surface area contributed by atoms with E-state index in [1.54, 1.807) is 0 Å². The second-order valence-corrected chi connectivity index (χ2v) is 4.40. The minimum Gasteiger partial charge on any atom is -0.370 e. The van der Waals surface area contributed by atoms with E-state index in [9.17, 15) is 0 Å². The Bertz CT molecular complexity index is 538. The van der Waals surface area contributed by atoms with Crippen molar-refractivity contribution in [1.82, 2.24) is 4.98 Å². The number of aryl methyl sites for hydroxylation is 1. The Morgan fingerprint density at radius 3 is 2.75 bits per heavy atom. The zero-order chi connectivity index (χ0) is 11.7. The lowest BCUT2D eigenvalue weighted by Gasteiger charge is -2.08. The van der Waals surface area contributed by atoms with Crippen molar-refractivity contribution in [2.75, 3.05) is 11.9 Å². The van der Waals surface area contributed by atoms with E-state index in [0.717, 1.165) is 33.9 Å². The molecule has 1 aromatic carbocycles. The van der Waals surface area contributed by atoms with E-state index in [0.29, 0.717) is 5.02 Å². The summed E-state index contributed by atoms with van der Waals surface area (Å²) in [6.07, 6.45) is 0. The maximum Gasteiger partial charge on any atom is 0.126 e. The molecule has 0 saturated heterocycles. The summed E-state index contributed by atoms with van der Waals surface area (Å²) in [6.45, 7) is 4.79. The molecular formula is C12H12Cl2N2. The molecule has 4 heteroatoms. The largest absolute Gasteiger partial charge is 0.370 e. The van der Waals surface area contributed by atoms with E-state index in [-0.39, 0.29) is 0 Å². The topological polar surface area (TPSA) is 24.9 Å². The minimum atomic E-state index is 0.636. The molecule has 0 fully saturated rings. The third kappa shape index (κ3) is 1.95. The normalized spacial score (nSPS) is 10.8. The van der Waals surface area contributed by atoms with E-state index >= 15 is 0 Å². The number of nitrogens with one attached hydrogen (secondary N) is 1. The van der Waals surface area contributed by atoms with Crippen LogP contribution in [-0.4, -0.2) is 11.5 Å². The number of rotatable bonds is 2. The first-order valence-electron chi connectivity index (χ1n) is 5.12. The summed E-state index contributed by atoms with van der Waals surface area (Å²) in [7, 11) is 0. The zero-order valence-corrected chi connectivity index (χ0v) is 10.7. The van der Waals surface area contributed by atoms with Crippen molar-refractivity contribution in [3.63, 3.8) is 0 Å². The van der Waals surface area contributed by atoms with Crippen LogP contribution in [-0.2, 0) is 0 Å². The first-order chi connectivity index (χ1) is 7.63. The van der Waals surface area contributed by atoms with Crippen molar-refractivity contribution < 1.29 is 0 Å². The van der Waals surface area contributed by atoms with Gasteiger partial charge in [0.15, 0.2) is 0 Å². The third-order valence-corrected chi connectivity index (χ3v) is 3.20. The molecule has 84 valence electrons. The molecular weight excluding hydrogens is 243 g/mol. The minimum absolute atomic E-state index is 0.636. The van der Waals surface area contributed by atoms with Crippen LogP contribution in [0.1, 0.15) is 12.5 Å². The van der Waals surface area contributed by atoms with Gasteiger partial charge in [-0.25, -0.2) is 4.98 Å². The molecule has 2 aromatic rings. The summed E-state index contributed by atoms with van der Waals surface area (Å²) in [5.74, 6) is 0.816. The van der Waals surface area contributed by atoms with Gasteiger partial charge < -0.3 is 5.32 Å². The van der Waals surface area contributed by atoms with Crippen LogP contribution in [0, 0.1) is 6.92 Å². The number of anilines is 1. The predicted molar refractivity (Wildman–Crippen MR) is 70.7 cm³/mol. The highest BCUT2D eigenvalue weighted by Gasteiger charge is 2.08. The Hall–Kier alpha value is -0.990. The van der Waals surface area contributed by atoms with Crippen LogP contribution in [0.25, 0.3) is 10.9 Å². The fourth-order valence-electron chi connectivity index (χ4n) is 1.63. The quantitative estimate of drug-likeness (QED) is 0.866. The second kappa shape index (κ2) is 4.48. The first-order valence-corrected chi connectivity index (χ1v) is 5.88. The van der Waals surface area contributed by atoms with Gasteiger partial charge in [0.05, 0.1) is 15.6 Å². The number of fused-ring (bicyclic) bond motifs is 1. The van der Waals surface area contributed by atoms with Crippen LogP contribution in [0.2, 0.25) is 10.0 Å². The molecule has 1 aromatic heterocycles. The molecule has 1 heterocycles. The molecule has 0 aliphatic rings. The smallest absolute Gasteiger partial charge is 0.126 e. The zero-order valence-electron chi connectivity index (χ0n) is 9.14. The molecule has 1 N–H and O–H groups in total. The highest BCUT2D eigenvalue weighted by Crippen LogP contribution is 2.32. The van der Waals surface area contributed by atoms with Gasteiger partial charge in [-0.2, -0.15) is 0 Å². The van der Waals surface area contributed by atoms with Crippen LogP contribution in [0.3, 0.4) is 0 Å². The number of nitrogens with zero attached hydrogens (tertiary/aromatic N) is 1. The van der Waals surface area contributed by atoms with Gasteiger partial charge in [-0.05, 0) is 37.6 Å². The Kier molecular flexibility index (Phi) is 3.22. The molecule has 0 atom stereocenters. The maximum absolute atomic E-state index is 6.21. The van der Waals surface area contributed by atoms with Gasteiger partial charge in [-0.3, -0.25) is 0 Å². The number of aromatic nitrogens is 1. The molecule has 2 rings (SSSR count). The molecule has 2 nitrogen and oxygen atoms in total. The van der Waals surface area contributed by atoms with Crippen molar-refractivity contribution in [3.8, 4) is 0 Å². The molecule has 0 amide bonds. The number of hydrogen-bond acceptors (Lipinski definition) is 2. The van der Waals surface area contributed by atoms with Gasteiger partial charge in [-0.15, -0.1) is 0 Å². The summed E-state index contributed by atoms with van der Waals surface area (Å²) in [6, 6.07) is 5.70. The number of benzene rings is 1. The van der Waals surface area contributed by atoms with Gasteiger partial charge in [0.1, 0.15) is 5.82 Å². The average Bonchev–Trinajstić information content (AvgIpc) is 2.27. The Balaban J connectivity index is 2.69. The molecule has 0 spiro atoms. The Morgan fingerprint density at radius 2 is 2.06 bits per heavy atom. The monoisotopic (exact) mass is 254 g/mol. The standard InChI is InChI=1S/C12H12Cl2N2/c1-3-15-10-5-4-8-11(14)7(2)6-9(13)12(8)16-10/h4-6H,3H2,1-2H3,(H,15,16). The lowest BCUT2D eigenvalue weighted by molar-refractivity contribution is 1.17. The van der Waals surface area contributed by atoms with Gasteiger partial charge in [-0.1, -0.05) is 23.2 Å². The lowest BCUT2D eigenvalue weighted by atomic mass is 10.1. The van der Waals surface area contributed by atoms with Crippen LogP contribution in [0.5, 0.6) is 0 Å². The fraction of sp³-hybridized carbons (Fsp3) is 0.250. The number of pyridine rings is 1. The first kappa shape index (κ1) is 11.5. The van der Waals surface area contributed by atoms with Crippen LogP contribution < -0.4 is 5.32 Å². The van der Waals surface area contributed by atoms with E-state index in [4.69, 9.17) is 23.2 Å². The molecule has 0 aliphatic heterocycles. The van der Waals surface area contributed by atoms with Crippen molar-refractivity contribution >= 4 is 39.9 Å². The molecule has 0 radical (unpaired) electrons. The predicted octanol–water partition coefficient (Wildman–Crippen LogP) is 4.28. The summed E-state index contributed by atoms with van der Waals surface area (Å²) >= 11 is 12.4. The number of hydrogen-bond donors (Lipinski definition) is 1. The summed E-state index contributed by atoms with van der Waals surface area (Å²) in [4.78, 5) is 4.44. The Morgan fingerprint density at radius 1 is 1.31 bits per heavy atom. The van der Waals surface area contributed by atoms with Crippen molar-refractivity contribution in [2.24, 2.45) is 0 Å². The SMILES string of the molecule is CCNc1ccc2c(Cl)c(C)cc(Cl)c2n1. The molecule has 0 aliphatic carbocycles. The molecule has 0 unspecified atom stereocenters. The van der Waals surface area contributed by atoms with Gasteiger partial charge >= 0.3 is 0 Å². The highest BCUT2D eigenvalue weighted by atomic mass is 35.5. The van der Waals surface area contributed by atoms with E-state index < -0.39 is 0 Å². The van der Waals surface area contributed by atoms with Crippen molar-refractivity contribution in [2.45, 2.75) is 13.8 Å². The van der Waals surface area contributed by atoms with Gasteiger partial charge in [0.25, 0.3) is 0 Å². The van der Waals surface area contributed by atoms with Crippen molar-refractivity contribution in [1.29, 1.82) is 0 Å². The summed E-state index contributed by atoms with van der Waals surface area (Å²) in [5, 5.41) is 5.40. The molecule has 0 saturated carbocycles. The third-order valence-electron chi connectivity index (χ3n) is 2.41. The van der Waals surface area contributed by atoms with E-state index in [2.05, 4.69) is 10.3 Å². The van der Waals surface area contributed by atoms with Crippen LogP contribution >= 0.6 is 23.2 Å². The van der Waals surface area contributed by atoms with E-state index in [1.807, 2.05) is 32.0 Å². The summed E-state index contributed by atoms with van der Waals surface area (Å²) in [5.41, 5.74) is 1.72. The number of halogens is 2. The van der Waals surface area contributed by atoms with Gasteiger partial charge in [0.2, 0.25) is 0 Å². The second-order valence-electron chi connectivity index (χ2n) is 3.61. The van der Waals surface area contributed by atoms with Crippen molar-refractivity contribution in [3.05, 3.63) is 33.8 Å². The highest BCUT2D eigenvalue weighted by molar-refractivity contribution is 6.40.